The fraction of sp³-hybridized carbons (Fsp3) is 0. The second-order valence-corrected chi connectivity index (χ2v) is 11.9. The Labute approximate surface area is 248 Å². The predicted molar refractivity (Wildman–Crippen MR) is 178 cm³/mol. The van der Waals surface area contributed by atoms with Crippen LogP contribution in [0.25, 0.3) is 86.9 Å². The number of fused-ring (bicyclic) bond motifs is 13. The Morgan fingerprint density at radius 2 is 1.19 bits per heavy atom. The summed E-state index contributed by atoms with van der Waals surface area (Å²) >= 11 is 1.83. The number of hydrogen-bond acceptors (Lipinski definition) is 4. The maximum Gasteiger partial charge on any atom is 0.236 e. The number of imidazole rings is 1. The maximum absolute atomic E-state index is 5.33. The van der Waals surface area contributed by atoms with Gasteiger partial charge >= 0.3 is 0 Å². The van der Waals surface area contributed by atoms with Crippen LogP contribution in [0.15, 0.2) is 127 Å². The Kier molecular flexibility index (Phi) is 4.54. The summed E-state index contributed by atoms with van der Waals surface area (Å²) in [4.78, 5) is 15.8. The predicted octanol–water partition coefficient (Wildman–Crippen LogP) is 9.56. The molecule has 0 unspecified atom stereocenters. The Morgan fingerprint density at radius 3 is 2.05 bits per heavy atom. The third kappa shape index (κ3) is 3.07. The molecule has 10 rings (SSSR count). The molecule has 0 N–H and O–H groups in total. The van der Waals surface area contributed by atoms with Crippen molar-refractivity contribution in [3.05, 3.63) is 127 Å². The van der Waals surface area contributed by atoms with Crippen molar-refractivity contribution in [1.29, 1.82) is 0 Å². The van der Waals surface area contributed by atoms with E-state index in [1.165, 1.54) is 30.9 Å². The van der Waals surface area contributed by atoms with Gasteiger partial charge in [0.25, 0.3) is 0 Å². The van der Waals surface area contributed by atoms with Crippen LogP contribution in [0.1, 0.15) is 0 Å². The smallest absolute Gasteiger partial charge is 0.236 e. The zero-order valence-electron chi connectivity index (χ0n) is 22.8. The number of para-hydroxylation sites is 4. The van der Waals surface area contributed by atoms with E-state index in [-0.39, 0.29) is 0 Å². The van der Waals surface area contributed by atoms with E-state index in [4.69, 9.17) is 15.0 Å². The van der Waals surface area contributed by atoms with Gasteiger partial charge in [0.15, 0.2) is 0 Å². The molecule has 5 aromatic heterocycles. The lowest BCUT2D eigenvalue weighted by Crippen LogP contribution is -2.05. The van der Waals surface area contributed by atoms with Gasteiger partial charge in [-0.3, -0.25) is 8.97 Å². The minimum Gasteiger partial charge on any atom is -0.277 e. The number of nitrogens with zero attached hydrogens (tertiary/aromatic N) is 5. The van der Waals surface area contributed by atoms with E-state index in [9.17, 15) is 0 Å². The van der Waals surface area contributed by atoms with Crippen molar-refractivity contribution >= 4 is 81.0 Å². The largest absolute Gasteiger partial charge is 0.277 e. The van der Waals surface area contributed by atoms with Crippen LogP contribution < -0.4 is 0 Å². The van der Waals surface area contributed by atoms with Crippen molar-refractivity contribution < 1.29 is 0 Å². The van der Waals surface area contributed by atoms with Gasteiger partial charge in [-0.1, -0.05) is 97.1 Å². The summed E-state index contributed by atoms with van der Waals surface area (Å²) in [7, 11) is 0. The summed E-state index contributed by atoms with van der Waals surface area (Å²) in [6.07, 6.45) is 0. The first-order valence-electron chi connectivity index (χ1n) is 14.3. The molecule has 6 heteroatoms. The highest BCUT2D eigenvalue weighted by Crippen LogP contribution is 2.46. The number of aromatic nitrogens is 5. The van der Waals surface area contributed by atoms with Crippen LogP contribution in [-0.4, -0.2) is 23.9 Å². The van der Waals surface area contributed by atoms with Crippen LogP contribution in [0.2, 0.25) is 0 Å². The molecule has 43 heavy (non-hydrogen) atoms. The van der Waals surface area contributed by atoms with Gasteiger partial charge in [-0.2, -0.15) is 0 Å². The van der Waals surface area contributed by atoms with E-state index in [0.29, 0.717) is 5.95 Å². The van der Waals surface area contributed by atoms with E-state index >= 15 is 0 Å². The zero-order chi connectivity index (χ0) is 28.1. The Hall–Kier alpha value is -5.59. The van der Waals surface area contributed by atoms with Gasteiger partial charge in [0.1, 0.15) is 11.3 Å². The Bertz CT molecular complexity index is 2700. The van der Waals surface area contributed by atoms with Crippen molar-refractivity contribution in [3.8, 4) is 17.2 Å². The molecule has 10 aromatic rings. The molecule has 0 aliphatic carbocycles. The molecule has 0 radical (unpaired) electrons. The quantitative estimate of drug-likeness (QED) is 0.209. The summed E-state index contributed by atoms with van der Waals surface area (Å²) in [6, 6.07) is 44.4. The molecule has 0 fully saturated rings. The Balaban J connectivity index is 1.49. The summed E-state index contributed by atoms with van der Waals surface area (Å²) in [5.41, 5.74) is 7.96. The summed E-state index contributed by atoms with van der Waals surface area (Å²) in [5, 5.41) is 5.82. The first-order chi connectivity index (χ1) is 21.3. The first kappa shape index (κ1) is 23.0. The molecule has 5 nitrogen and oxygen atoms in total. The summed E-state index contributed by atoms with van der Waals surface area (Å²) in [5.74, 6) is 0.642. The monoisotopic (exact) mass is 567 g/mol. The number of rotatable bonds is 2. The van der Waals surface area contributed by atoms with E-state index < -0.39 is 0 Å². The summed E-state index contributed by atoms with van der Waals surface area (Å²) < 4.78 is 7.06. The molecule has 5 aromatic carbocycles. The molecule has 0 aliphatic heterocycles. The lowest BCUT2D eigenvalue weighted by Gasteiger charge is -2.12. The second-order valence-electron chi connectivity index (χ2n) is 10.9. The van der Waals surface area contributed by atoms with Crippen LogP contribution in [0.3, 0.4) is 0 Å². The standard InChI is InChI=1S/C37H21N5S/c1-2-12-22(13-3-1)33-23-14-4-7-17-26(23)39-37(40-33)42-28-19-9-5-15-24(28)32-34-31(25-16-6-11-21-30(25)43-34)35-38-27-18-8-10-20-29(27)41(35)36(32)42/h1-21H. The van der Waals surface area contributed by atoms with Crippen molar-refractivity contribution in [2.75, 3.05) is 0 Å². The van der Waals surface area contributed by atoms with Crippen molar-refractivity contribution in [1.82, 2.24) is 23.9 Å². The van der Waals surface area contributed by atoms with Crippen LogP contribution in [0.4, 0.5) is 0 Å². The maximum atomic E-state index is 5.33. The minimum absolute atomic E-state index is 0.642. The van der Waals surface area contributed by atoms with Gasteiger partial charge in [-0.25, -0.2) is 15.0 Å². The van der Waals surface area contributed by atoms with E-state index in [1.54, 1.807) is 0 Å². The lowest BCUT2D eigenvalue weighted by molar-refractivity contribution is 0.991. The van der Waals surface area contributed by atoms with Gasteiger partial charge in [-0.15, -0.1) is 11.3 Å². The highest BCUT2D eigenvalue weighted by Gasteiger charge is 2.25. The Morgan fingerprint density at radius 1 is 0.512 bits per heavy atom. The van der Waals surface area contributed by atoms with Crippen LogP contribution in [0.5, 0.6) is 0 Å². The second kappa shape index (κ2) is 8.47. The molecule has 0 bridgehead atoms. The van der Waals surface area contributed by atoms with E-state index in [0.717, 1.165) is 50.0 Å². The van der Waals surface area contributed by atoms with Crippen LogP contribution in [-0.2, 0) is 0 Å². The molecule has 0 aliphatic rings. The molecule has 0 spiro atoms. The van der Waals surface area contributed by atoms with Crippen molar-refractivity contribution in [2.45, 2.75) is 0 Å². The average Bonchev–Trinajstić information content (AvgIpc) is 3.74. The number of thiophene rings is 1. The third-order valence-corrected chi connectivity index (χ3v) is 9.70. The fourth-order valence-corrected chi connectivity index (χ4v) is 7.95. The topological polar surface area (TPSA) is 48.0 Å². The average molecular weight is 568 g/mol. The third-order valence-electron chi connectivity index (χ3n) is 8.51. The fourth-order valence-electron chi connectivity index (χ4n) is 6.70. The molecule has 0 saturated carbocycles. The number of benzene rings is 5. The SMILES string of the molecule is c1ccc(-c2nc(-n3c4ccccc4c4c5sc6ccccc6c5c5nc6ccccc6n5c43)nc3ccccc23)cc1. The van der Waals surface area contributed by atoms with E-state index in [2.05, 4.69) is 124 Å². The molecular formula is C37H21N5S. The van der Waals surface area contributed by atoms with Crippen molar-refractivity contribution in [2.24, 2.45) is 0 Å². The molecular weight excluding hydrogens is 547 g/mol. The summed E-state index contributed by atoms with van der Waals surface area (Å²) in [6.45, 7) is 0. The van der Waals surface area contributed by atoms with E-state index in [1.807, 2.05) is 23.5 Å². The normalized spacial score (nSPS) is 12.2. The lowest BCUT2D eigenvalue weighted by atomic mass is 10.1. The molecule has 0 atom stereocenters. The highest BCUT2D eigenvalue weighted by atomic mass is 32.1. The van der Waals surface area contributed by atoms with Crippen LogP contribution in [0, 0.1) is 0 Å². The first-order valence-corrected chi connectivity index (χ1v) is 15.1. The zero-order valence-corrected chi connectivity index (χ0v) is 23.6. The number of pyridine rings is 1. The van der Waals surface area contributed by atoms with Gasteiger partial charge in [0.05, 0.1) is 32.5 Å². The molecule has 5 heterocycles. The van der Waals surface area contributed by atoms with Crippen molar-refractivity contribution in [3.63, 3.8) is 0 Å². The molecule has 0 saturated heterocycles. The minimum atomic E-state index is 0.642. The van der Waals surface area contributed by atoms with Gasteiger partial charge in [0, 0.05) is 37.2 Å². The van der Waals surface area contributed by atoms with Gasteiger partial charge in [-0.05, 0) is 30.3 Å². The van der Waals surface area contributed by atoms with Gasteiger partial charge in [0.2, 0.25) is 5.95 Å². The van der Waals surface area contributed by atoms with Gasteiger partial charge < -0.3 is 0 Å². The highest BCUT2D eigenvalue weighted by molar-refractivity contribution is 7.27. The van der Waals surface area contributed by atoms with Crippen LogP contribution >= 0.6 is 11.3 Å². The number of hydrogen-bond donors (Lipinski definition) is 0. The molecule has 0 amide bonds. The molecule has 200 valence electrons.